The average molecular weight is 360 g/mol. The van der Waals surface area contributed by atoms with Crippen LogP contribution in [-0.4, -0.2) is 22.6 Å². The van der Waals surface area contributed by atoms with E-state index in [0.717, 1.165) is 6.20 Å². The fraction of sp³-hybridized carbons (Fsp3) is 0.375. The Hall–Kier alpha value is -2.02. The maximum atomic E-state index is 13.1. The summed E-state index contributed by atoms with van der Waals surface area (Å²) in [5.74, 6) is -0.369. The lowest BCUT2D eigenvalue weighted by molar-refractivity contribution is -0.139. The monoisotopic (exact) mass is 359 g/mol. The molecule has 0 radical (unpaired) electrons. The number of alkyl halides is 3. The van der Waals surface area contributed by atoms with Gasteiger partial charge < -0.3 is 9.64 Å². The van der Waals surface area contributed by atoms with Gasteiger partial charge in [0.1, 0.15) is 5.56 Å². The van der Waals surface area contributed by atoms with E-state index in [9.17, 15) is 13.2 Å². The fourth-order valence-corrected chi connectivity index (χ4v) is 2.26. The van der Waals surface area contributed by atoms with Crippen molar-refractivity contribution >= 4 is 23.2 Å². The number of halogens is 4. The lowest BCUT2D eigenvalue weighted by Gasteiger charge is -2.23. The average Bonchev–Trinajstić information content (AvgIpc) is 2.46. The van der Waals surface area contributed by atoms with Crippen molar-refractivity contribution in [1.82, 2.24) is 9.97 Å². The van der Waals surface area contributed by atoms with Crippen LogP contribution in [0.5, 0.6) is 5.88 Å². The van der Waals surface area contributed by atoms with Gasteiger partial charge in [0, 0.05) is 23.5 Å². The summed E-state index contributed by atoms with van der Waals surface area (Å²) in [5.41, 5.74) is -0.317. The molecule has 8 heteroatoms. The van der Waals surface area contributed by atoms with Crippen molar-refractivity contribution in [3.05, 3.63) is 41.0 Å². The Balaban J connectivity index is 2.49. The summed E-state index contributed by atoms with van der Waals surface area (Å²) in [6.45, 7) is 5.56. The van der Waals surface area contributed by atoms with Gasteiger partial charge in [0.2, 0.25) is 11.8 Å². The van der Waals surface area contributed by atoms with Crippen LogP contribution in [0.2, 0.25) is 5.02 Å². The van der Waals surface area contributed by atoms with E-state index in [1.165, 1.54) is 0 Å². The third-order valence-corrected chi connectivity index (χ3v) is 3.31. The van der Waals surface area contributed by atoms with Crippen LogP contribution in [0.25, 0.3) is 0 Å². The largest absolute Gasteiger partial charge is 0.474 e. The lowest BCUT2D eigenvalue weighted by atomic mass is 10.3. The molecule has 0 aliphatic rings. The summed E-state index contributed by atoms with van der Waals surface area (Å²) < 4.78 is 44.5. The van der Waals surface area contributed by atoms with E-state index in [1.807, 2.05) is 6.92 Å². The van der Waals surface area contributed by atoms with Gasteiger partial charge in [-0.1, -0.05) is 17.7 Å². The maximum Gasteiger partial charge on any atom is 0.423 e. The number of ether oxygens (including phenoxy) is 1. The molecule has 0 atom stereocenters. The number of rotatable bonds is 5. The molecule has 0 saturated heterocycles. The van der Waals surface area contributed by atoms with Crippen molar-refractivity contribution in [3.8, 4) is 5.88 Å². The van der Waals surface area contributed by atoms with E-state index >= 15 is 0 Å². The maximum absolute atomic E-state index is 13.1. The molecular weight excluding hydrogens is 343 g/mol. The van der Waals surface area contributed by atoms with Crippen molar-refractivity contribution in [2.45, 2.75) is 33.1 Å². The predicted molar refractivity (Wildman–Crippen MR) is 86.9 cm³/mol. The van der Waals surface area contributed by atoms with Gasteiger partial charge in [-0.15, -0.1) is 0 Å². The zero-order chi connectivity index (χ0) is 17.9. The lowest BCUT2D eigenvalue weighted by Crippen LogP contribution is -2.21. The number of aromatic nitrogens is 2. The first-order valence-electron chi connectivity index (χ1n) is 7.36. The van der Waals surface area contributed by atoms with E-state index in [1.54, 1.807) is 43.0 Å². The third kappa shape index (κ3) is 4.29. The molecule has 0 bridgehead atoms. The molecule has 4 nitrogen and oxygen atoms in total. The van der Waals surface area contributed by atoms with Gasteiger partial charge >= 0.3 is 6.18 Å². The van der Waals surface area contributed by atoms with Gasteiger partial charge in [0.25, 0.3) is 0 Å². The van der Waals surface area contributed by atoms with E-state index < -0.39 is 23.7 Å². The number of hydrogen-bond donors (Lipinski definition) is 0. The molecule has 2 rings (SSSR count). The highest BCUT2D eigenvalue weighted by Crippen LogP contribution is 2.36. The Kier molecular flexibility index (Phi) is 5.54. The zero-order valence-electron chi connectivity index (χ0n) is 13.4. The van der Waals surface area contributed by atoms with E-state index in [4.69, 9.17) is 16.3 Å². The normalized spacial score (nSPS) is 11.7. The van der Waals surface area contributed by atoms with Crippen LogP contribution in [0, 0.1) is 0 Å². The van der Waals surface area contributed by atoms with Crippen LogP contribution >= 0.6 is 11.6 Å². The molecule has 1 aromatic carbocycles. The summed E-state index contributed by atoms with van der Waals surface area (Å²) in [6.07, 6.45) is -4.29. The highest BCUT2D eigenvalue weighted by atomic mass is 35.5. The minimum atomic E-state index is -4.59. The molecule has 0 aliphatic carbocycles. The Morgan fingerprint density at radius 3 is 2.54 bits per heavy atom. The molecule has 1 heterocycles. The molecule has 0 aliphatic heterocycles. The molecule has 2 aromatic rings. The van der Waals surface area contributed by atoms with Crippen LogP contribution in [0.4, 0.5) is 24.8 Å². The standard InChI is InChI=1S/C16H17ClF3N3O/c1-4-23(12-7-5-6-11(17)8-12)15-21-9-13(16(18,19)20)14(22-15)24-10(2)3/h5-10H,4H2,1-3H3. The molecule has 0 saturated carbocycles. The van der Waals surface area contributed by atoms with Crippen LogP contribution in [0.1, 0.15) is 26.3 Å². The van der Waals surface area contributed by atoms with Crippen LogP contribution in [0.15, 0.2) is 30.5 Å². The summed E-state index contributed by atoms with van der Waals surface area (Å²) in [4.78, 5) is 9.50. The zero-order valence-corrected chi connectivity index (χ0v) is 14.2. The number of anilines is 2. The summed E-state index contributed by atoms with van der Waals surface area (Å²) in [5, 5.41) is 0.511. The SMILES string of the molecule is CCN(c1cccc(Cl)c1)c1ncc(C(F)(F)F)c(OC(C)C)n1. The number of hydrogen-bond acceptors (Lipinski definition) is 4. The Labute approximate surface area is 143 Å². The van der Waals surface area contributed by atoms with Gasteiger partial charge in [-0.2, -0.15) is 18.2 Å². The second kappa shape index (κ2) is 7.25. The van der Waals surface area contributed by atoms with Gasteiger partial charge in [0.15, 0.2) is 0 Å². The predicted octanol–water partition coefficient (Wildman–Crippen LogP) is 5.09. The first-order valence-corrected chi connectivity index (χ1v) is 7.74. The van der Waals surface area contributed by atoms with E-state index in [-0.39, 0.29) is 5.95 Å². The number of benzene rings is 1. The second-order valence-electron chi connectivity index (χ2n) is 5.28. The summed E-state index contributed by atoms with van der Waals surface area (Å²) in [6, 6.07) is 6.92. The summed E-state index contributed by atoms with van der Waals surface area (Å²) in [7, 11) is 0. The van der Waals surface area contributed by atoms with Gasteiger partial charge in [-0.05, 0) is 39.0 Å². The Bertz CT molecular complexity index is 707. The second-order valence-corrected chi connectivity index (χ2v) is 5.71. The first kappa shape index (κ1) is 18.3. The molecule has 0 N–H and O–H groups in total. The highest BCUT2D eigenvalue weighted by molar-refractivity contribution is 6.30. The summed E-state index contributed by atoms with van der Waals surface area (Å²) >= 11 is 5.98. The number of nitrogens with zero attached hydrogens (tertiary/aromatic N) is 3. The van der Waals surface area contributed by atoms with Crippen LogP contribution in [0.3, 0.4) is 0 Å². The van der Waals surface area contributed by atoms with E-state index in [2.05, 4.69) is 9.97 Å². The molecule has 0 amide bonds. The molecule has 24 heavy (non-hydrogen) atoms. The molecular formula is C16H17ClF3N3O. The molecule has 1 aromatic heterocycles. The topological polar surface area (TPSA) is 38.2 Å². The quantitative estimate of drug-likeness (QED) is 0.745. The van der Waals surface area contributed by atoms with Gasteiger partial charge in [-0.25, -0.2) is 4.98 Å². The van der Waals surface area contributed by atoms with Crippen molar-refractivity contribution in [2.24, 2.45) is 0 Å². The highest BCUT2D eigenvalue weighted by Gasteiger charge is 2.37. The smallest absolute Gasteiger partial charge is 0.423 e. The minimum Gasteiger partial charge on any atom is -0.474 e. The molecule has 130 valence electrons. The van der Waals surface area contributed by atoms with Crippen molar-refractivity contribution < 1.29 is 17.9 Å². The van der Waals surface area contributed by atoms with Crippen molar-refractivity contribution in [1.29, 1.82) is 0 Å². The van der Waals surface area contributed by atoms with Gasteiger partial charge in [-0.3, -0.25) is 0 Å². The van der Waals surface area contributed by atoms with Crippen LogP contribution in [-0.2, 0) is 6.18 Å². The molecule has 0 unspecified atom stereocenters. The molecule has 0 fully saturated rings. The molecule has 0 spiro atoms. The van der Waals surface area contributed by atoms with Gasteiger partial charge in [0.05, 0.1) is 6.10 Å². The van der Waals surface area contributed by atoms with Crippen molar-refractivity contribution in [2.75, 3.05) is 11.4 Å². The first-order chi connectivity index (χ1) is 11.2. The van der Waals surface area contributed by atoms with Crippen molar-refractivity contribution in [3.63, 3.8) is 0 Å². The third-order valence-electron chi connectivity index (χ3n) is 3.07. The fourth-order valence-electron chi connectivity index (χ4n) is 2.08. The Morgan fingerprint density at radius 1 is 1.29 bits per heavy atom. The minimum absolute atomic E-state index is 0.114. The van der Waals surface area contributed by atoms with E-state index in [0.29, 0.717) is 17.3 Å². The van der Waals surface area contributed by atoms with Crippen LogP contribution < -0.4 is 9.64 Å². The Morgan fingerprint density at radius 2 is 2.00 bits per heavy atom.